The molecule has 0 saturated carbocycles. The van der Waals surface area contributed by atoms with Crippen LogP contribution in [-0.2, 0) is 13.6 Å². The maximum atomic E-state index is 12.5. The van der Waals surface area contributed by atoms with Crippen molar-refractivity contribution in [2.45, 2.75) is 32.5 Å². The second kappa shape index (κ2) is 9.03. The molecule has 7 nitrogen and oxygen atoms in total. The lowest BCUT2D eigenvalue weighted by Gasteiger charge is -2.24. The van der Waals surface area contributed by atoms with E-state index in [-0.39, 0.29) is 6.03 Å². The number of thioether (sulfide) groups is 1. The molecule has 0 aromatic carbocycles. The van der Waals surface area contributed by atoms with Gasteiger partial charge in [0.15, 0.2) is 0 Å². The third-order valence-corrected chi connectivity index (χ3v) is 5.39. The first-order valence-electron chi connectivity index (χ1n) is 7.88. The van der Waals surface area contributed by atoms with E-state index in [9.17, 15) is 4.79 Å². The number of nitrogens with zero attached hydrogens (tertiary/aromatic N) is 5. The fourth-order valence-electron chi connectivity index (χ4n) is 2.16. The smallest absolute Gasteiger partial charge is 0.317 e. The number of amides is 2. The summed E-state index contributed by atoms with van der Waals surface area (Å²) in [6.45, 7) is 8.31. The third-order valence-electron chi connectivity index (χ3n) is 3.37. The number of carbonyl (C=O) groups is 1. The maximum absolute atomic E-state index is 12.5. The number of rotatable bonds is 8. The fourth-order valence-corrected chi connectivity index (χ4v) is 3.78. The molecule has 2 aromatic rings. The van der Waals surface area contributed by atoms with Crippen LogP contribution in [-0.4, -0.2) is 50.0 Å². The minimum atomic E-state index is -0.0202. The number of aryl methyl sites for hydroxylation is 2. The molecule has 0 fully saturated rings. The van der Waals surface area contributed by atoms with Crippen LogP contribution >= 0.6 is 23.1 Å². The Morgan fingerprint density at radius 2 is 2.29 bits per heavy atom. The van der Waals surface area contributed by atoms with Crippen LogP contribution in [0.1, 0.15) is 24.3 Å². The quantitative estimate of drug-likeness (QED) is 0.572. The van der Waals surface area contributed by atoms with Gasteiger partial charge < -0.3 is 10.2 Å². The van der Waals surface area contributed by atoms with E-state index in [0.29, 0.717) is 19.0 Å². The van der Waals surface area contributed by atoms with Gasteiger partial charge in [-0.25, -0.2) is 9.48 Å². The van der Waals surface area contributed by atoms with Gasteiger partial charge in [0.2, 0.25) is 5.16 Å². The highest BCUT2D eigenvalue weighted by molar-refractivity contribution is 7.99. The van der Waals surface area contributed by atoms with E-state index in [2.05, 4.69) is 53.1 Å². The molecule has 0 bridgehead atoms. The topological polar surface area (TPSA) is 75.9 Å². The number of urea groups is 1. The Morgan fingerprint density at radius 3 is 2.88 bits per heavy atom. The summed E-state index contributed by atoms with van der Waals surface area (Å²) >= 11 is 3.22. The highest BCUT2D eigenvalue weighted by Crippen LogP contribution is 2.18. The van der Waals surface area contributed by atoms with E-state index in [0.717, 1.165) is 17.5 Å². The Labute approximate surface area is 150 Å². The van der Waals surface area contributed by atoms with Crippen molar-refractivity contribution in [1.29, 1.82) is 0 Å². The summed E-state index contributed by atoms with van der Waals surface area (Å²) in [5, 5.41) is 17.1. The summed E-state index contributed by atoms with van der Waals surface area (Å²) in [5.41, 5.74) is 1.24. The molecule has 0 aliphatic heterocycles. The maximum Gasteiger partial charge on any atom is 0.317 e. The molecular weight excluding hydrogens is 344 g/mol. The molecule has 0 aliphatic rings. The van der Waals surface area contributed by atoms with E-state index in [1.807, 2.05) is 4.90 Å². The van der Waals surface area contributed by atoms with Crippen LogP contribution < -0.4 is 5.32 Å². The van der Waals surface area contributed by atoms with Gasteiger partial charge in [-0.05, 0) is 40.3 Å². The number of nitrogens with one attached hydrogen (secondary N) is 1. The lowest BCUT2D eigenvalue weighted by Crippen LogP contribution is -2.42. The monoisotopic (exact) mass is 368 g/mol. The molecule has 2 heterocycles. The SMILES string of the molecule is Cc1ccsc1CN(CC(C)C)C(=O)NCCSc1nnnn1C. The van der Waals surface area contributed by atoms with Crippen LogP contribution in [0.5, 0.6) is 0 Å². The molecule has 0 unspecified atom stereocenters. The first-order valence-corrected chi connectivity index (χ1v) is 9.74. The Bertz CT molecular complexity index is 654. The standard InChI is InChI=1S/C15H24N6OS2/c1-11(2)9-21(10-13-12(3)5-7-23-13)14(22)16-6-8-24-15-17-18-19-20(15)4/h5,7,11H,6,8-10H2,1-4H3,(H,16,22). The normalized spacial score (nSPS) is 11.0. The van der Waals surface area contributed by atoms with Crippen molar-refractivity contribution in [1.82, 2.24) is 30.4 Å². The Balaban J connectivity index is 1.83. The zero-order valence-corrected chi connectivity index (χ0v) is 16.2. The molecule has 0 saturated heterocycles. The number of carbonyl (C=O) groups excluding carboxylic acids is 1. The van der Waals surface area contributed by atoms with Gasteiger partial charge in [-0.3, -0.25) is 0 Å². The third kappa shape index (κ3) is 5.48. The number of aromatic nitrogens is 4. The van der Waals surface area contributed by atoms with Gasteiger partial charge in [0, 0.05) is 30.8 Å². The zero-order chi connectivity index (χ0) is 17.5. The van der Waals surface area contributed by atoms with Crippen molar-refractivity contribution >= 4 is 29.1 Å². The molecule has 0 spiro atoms. The van der Waals surface area contributed by atoms with E-state index in [1.165, 1.54) is 22.2 Å². The number of hydrogen-bond donors (Lipinski definition) is 1. The van der Waals surface area contributed by atoms with Gasteiger partial charge in [0.25, 0.3) is 0 Å². The van der Waals surface area contributed by atoms with Gasteiger partial charge in [0.05, 0.1) is 6.54 Å². The van der Waals surface area contributed by atoms with E-state index in [4.69, 9.17) is 0 Å². The van der Waals surface area contributed by atoms with Crippen molar-refractivity contribution < 1.29 is 4.79 Å². The molecule has 1 N–H and O–H groups in total. The summed E-state index contributed by atoms with van der Waals surface area (Å²) in [6, 6.07) is 2.07. The number of thiophene rings is 1. The first-order chi connectivity index (χ1) is 11.5. The summed E-state index contributed by atoms with van der Waals surface area (Å²) in [7, 11) is 1.80. The predicted molar refractivity (Wildman–Crippen MR) is 97.2 cm³/mol. The predicted octanol–water partition coefficient (Wildman–Crippen LogP) is 2.54. The van der Waals surface area contributed by atoms with Gasteiger partial charge in [-0.2, -0.15) is 0 Å². The highest BCUT2D eigenvalue weighted by atomic mass is 32.2. The summed E-state index contributed by atoms with van der Waals surface area (Å²) < 4.78 is 1.62. The van der Waals surface area contributed by atoms with Crippen LogP contribution in [0.2, 0.25) is 0 Å². The minimum Gasteiger partial charge on any atom is -0.337 e. The molecule has 2 aromatic heterocycles. The van der Waals surface area contributed by atoms with Crippen LogP contribution in [0.15, 0.2) is 16.6 Å². The van der Waals surface area contributed by atoms with Crippen molar-refractivity contribution in [2.24, 2.45) is 13.0 Å². The largest absolute Gasteiger partial charge is 0.337 e. The minimum absolute atomic E-state index is 0.0202. The number of tetrazole rings is 1. The van der Waals surface area contributed by atoms with Crippen molar-refractivity contribution in [3.05, 3.63) is 21.9 Å². The van der Waals surface area contributed by atoms with Gasteiger partial charge in [0.1, 0.15) is 0 Å². The van der Waals surface area contributed by atoms with Crippen LogP contribution in [0.3, 0.4) is 0 Å². The Morgan fingerprint density at radius 1 is 1.50 bits per heavy atom. The number of hydrogen-bond acceptors (Lipinski definition) is 6. The first kappa shape index (κ1) is 18.7. The molecule has 0 radical (unpaired) electrons. The van der Waals surface area contributed by atoms with Crippen molar-refractivity contribution in [3.8, 4) is 0 Å². The Kier molecular flexibility index (Phi) is 7.04. The zero-order valence-electron chi connectivity index (χ0n) is 14.5. The molecule has 2 amide bonds. The lowest BCUT2D eigenvalue weighted by atomic mass is 10.2. The molecular formula is C15H24N6OS2. The fraction of sp³-hybridized carbons (Fsp3) is 0.600. The summed E-state index contributed by atoms with van der Waals surface area (Å²) in [4.78, 5) is 15.6. The van der Waals surface area contributed by atoms with E-state index < -0.39 is 0 Å². The summed E-state index contributed by atoms with van der Waals surface area (Å²) in [6.07, 6.45) is 0. The van der Waals surface area contributed by atoms with Crippen molar-refractivity contribution in [2.75, 3.05) is 18.8 Å². The molecule has 132 valence electrons. The van der Waals surface area contributed by atoms with Crippen LogP contribution in [0.25, 0.3) is 0 Å². The molecule has 2 rings (SSSR count). The Hall–Kier alpha value is -1.61. The van der Waals surface area contributed by atoms with Crippen LogP contribution in [0, 0.1) is 12.8 Å². The molecule has 0 aliphatic carbocycles. The average Bonchev–Trinajstić information content (AvgIpc) is 3.11. The van der Waals surface area contributed by atoms with Gasteiger partial charge in [-0.15, -0.1) is 16.4 Å². The van der Waals surface area contributed by atoms with E-state index in [1.54, 1.807) is 23.1 Å². The lowest BCUT2D eigenvalue weighted by molar-refractivity contribution is 0.189. The van der Waals surface area contributed by atoms with Gasteiger partial charge >= 0.3 is 6.03 Å². The average molecular weight is 369 g/mol. The summed E-state index contributed by atoms with van der Waals surface area (Å²) in [5.74, 6) is 1.16. The van der Waals surface area contributed by atoms with Crippen molar-refractivity contribution in [3.63, 3.8) is 0 Å². The van der Waals surface area contributed by atoms with E-state index >= 15 is 0 Å². The molecule has 9 heteroatoms. The van der Waals surface area contributed by atoms with Gasteiger partial charge in [-0.1, -0.05) is 25.6 Å². The second-order valence-electron chi connectivity index (χ2n) is 5.97. The van der Waals surface area contributed by atoms with Crippen LogP contribution in [0.4, 0.5) is 4.79 Å². The highest BCUT2D eigenvalue weighted by Gasteiger charge is 2.16. The second-order valence-corrected chi connectivity index (χ2v) is 8.03. The molecule has 24 heavy (non-hydrogen) atoms. The molecule has 0 atom stereocenters.